The predicted molar refractivity (Wildman–Crippen MR) is 73.5 cm³/mol. The van der Waals surface area contributed by atoms with E-state index >= 15 is 0 Å². The van der Waals surface area contributed by atoms with Crippen LogP contribution in [0.25, 0.3) is 0 Å². The largest absolute Gasteiger partial charge is 0.384 e. The van der Waals surface area contributed by atoms with Crippen molar-refractivity contribution in [3.8, 4) is 0 Å². The Hall–Kier alpha value is -0.870. The number of hydrogen-bond donors (Lipinski definition) is 1. The van der Waals surface area contributed by atoms with Gasteiger partial charge in [-0.3, -0.25) is 4.79 Å². The molecule has 18 heavy (non-hydrogen) atoms. The Labute approximate surface area is 110 Å². The van der Waals surface area contributed by atoms with Crippen LogP contribution in [0.4, 0.5) is 0 Å². The van der Waals surface area contributed by atoms with E-state index in [2.05, 4.69) is 11.9 Å². The molecule has 0 atom stereocenters. The first-order chi connectivity index (χ1) is 8.57. The molecular weight excluding hydrogens is 228 g/mol. The van der Waals surface area contributed by atoms with Gasteiger partial charge in [0.15, 0.2) is 0 Å². The highest BCUT2D eigenvalue weighted by Gasteiger charge is 2.42. The molecule has 104 valence electrons. The topological polar surface area (TPSA) is 41.6 Å². The van der Waals surface area contributed by atoms with Crippen molar-refractivity contribution in [1.29, 1.82) is 0 Å². The standard InChI is InChI=1S/C14H26N2O2/c1-5-10-16(12(2)3)13(17)14(11-18-4)6-8-15-9-7-14/h5,12,15H,1,6-11H2,2-4H3. The summed E-state index contributed by atoms with van der Waals surface area (Å²) in [5.74, 6) is 0.209. The van der Waals surface area contributed by atoms with Gasteiger partial charge in [0.1, 0.15) is 0 Å². The molecule has 1 fully saturated rings. The lowest BCUT2D eigenvalue weighted by Crippen LogP contribution is -2.53. The Bertz CT molecular complexity index is 278. The number of amides is 1. The minimum absolute atomic E-state index is 0.194. The van der Waals surface area contributed by atoms with Crippen LogP contribution in [0.1, 0.15) is 26.7 Å². The molecule has 1 saturated heterocycles. The minimum atomic E-state index is -0.354. The summed E-state index contributed by atoms with van der Waals surface area (Å²) in [7, 11) is 1.67. The number of methoxy groups -OCH3 is 1. The lowest BCUT2D eigenvalue weighted by Gasteiger charge is -2.40. The van der Waals surface area contributed by atoms with E-state index in [1.54, 1.807) is 13.2 Å². The molecule has 0 spiro atoms. The number of piperidine rings is 1. The molecule has 1 heterocycles. The molecule has 4 nitrogen and oxygen atoms in total. The van der Waals surface area contributed by atoms with E-state index in [-0.39, 0.29) is 17.4 Å². The zero-order valence-corrected chi connectivity index (χ0v) is 11.9. The second kappa shape index (κ2) is 6.90. The second-order valence-corrected chi connectivity index (χ2v) is 5.30. The van der Waals surface area contributed by atoms with Gasteiger partial charge < -0.3 is 15.0 Å². The Morgan fingerprint density at radius 2 is 2.11 bits per heavy atom. The van der Waals surface area contributed by atoms with Gasteiger partial charge >= 0.3 is 0 Å². The van der Waals surface area contributed by atoms with E-state index < -0.39 is 0 Å². The summed E-state index contributed by atoms with van der Waals surface area (Å²) in [6.07, 6.45) is 3.49. The number of nitrogens with zero attached hydrogens (tertiary/aromatic N) is 1. The summed E-state index contributed by atoms with van der Waals surface area (Å²) >= 11 is 0. The van der Waals surface area contributed by atoms with Crippen molar-refractivity contribution in [3.63, 3.8) is 0 Å². The molecule has 1 aliphatic rings. The van der Waals surface area contributed by atoms with Gasteiger partial charge in [-0.2, -0.15) is 0 Å². The van der Waals surface area contributed by atoms with Crippen LogP contribution in [0.15, 0.2) is 12.7 Å². The van der Waals surface area contributed by atoms with E-state index in [9.17, 15) is 4.79 Å². The lowest BCUT2D eigenvalue weighted by molar-refractivity contribution is -0.148. The molecule has 0 aromatic rings. The predicted octanol–water partition coefficient (Wildman–Crippen LogP) is 1.43. The average Bonchev–Trinajstić information content (AvgIpc) is 2.36. The Balaban J connectivity index is 2.88. The summed E-state index contributed by atoms with van der Waals surface area (Å²) in [6, 6.07) is 0.194. The third-order valence-corrected chi connectivity index (χ3v) is 3.64. The first-order valence-electron chi connectivity index (χ1n) is 6.69. The van der Waals surface area contributed by atoms with E-state index in [4.69, 9.17) is 4.74 Å². The maximum absolute atomic E-state index is 12.8. The van der Waals surface area contributed by atoms with E-state index in [0.717, 1.165) is 25.9 Å². The molecule has 0 radical (unpaired) electrons. The fourth-order valence-corrected chi connectivity index (χ4v) is 2.57. The molecule has 1 rings (SSSR count). The molecule has 0 aliphatic carbocycles. The Kier molecular flexibility index (Phi) is 5.82. The monoisotopic (exact) mass is 254 g/mol. The SMILES string of the molecule is C=CCN(C(=O)C1(COC)CCNCC1)C(C)C. The van der Waals surface area contributed by atoms with E-state index in [1.165, 1.54) is 0 Å². The first kappa shape index (κ1) is 15.2. The number of nitrogens with one attached hydrogen (secondary N) is 1. The number of rotatable bonds is 6. The third kappa shape index (κ3) is 3.33. The molecule has 0 saturated carbocycles. The number of carbonyl (C=O) groups excluding carboxylic acids is 1. The average molecular weight is 254 g/mol. The van der Waals surface area contributed by atoms with Gasteiger partial charge in [-0.15, -0.1) is 6.58 Å². The van der Waals surface area contributed by atoms with Gasteiger partial charge in [0, 0.05) is 19.7 Å². The number of carbonyl (C=O) groups is 1. The Morgan fingerprint density at radius 1 is 1.50 bits per heavy atom. The molecule has 1 aliphatic heterocycles. The maximum atomic E-state index is 12.8. The number of hydrogen-bond acceptors (Lipinski definition) is 3. The fourth-order valence-electron chi connectivity index (χ4n) is 2.57. The van der Waals surface area contributed by atoms with Crippen molar-refractivity contribution in [3.05, 3.63) is 12.7 Å². The number of ether oxygens (including phenoxy) is 1. The van der Waals surface area contributed by atoms with Crippen molar-refractivity contribution in [2.45, 2.75) is 32.7 Å². The van der Waals surface area contributed by atoms with E-state index in [0.29, 0.717) is 13.2 Å². The van der Waals surface area contributed by atoms with Crippen molar-refractivity contribution >= 4 is 5.91 Å². The van der Waals surface area contributed by atoms with Crippen LogP contribution < -0.4 is 5.32 Å². The molecule has 0 aromatic carbocycles. The summed E-state index contributed by atoms with van der Waals surface area (Å²) in [4.78, 5) is 14.7. The van der Waals surface area contributed by atoms with Crippen LogP contribution in [-0.4, -0.2) is 50.2 Å². The van der Waals surface area contributed by atoms with Gasteiger partial charge in [-0.25, -0.2) is 0 Å². The van der Waals surface area contributed by atoms with Crippen molar-refractivity contribution in [2.24, 2.45) is 5.41 Å². The summed E-state index contributed by atoms with van der Waals surface area (Å²) in [6.45, 7) is 10.7. The van der Waals surface area contributed by atoms with Crippen LogP contribution in [0.2, 0.25) is 0 Å². The molecule has 4 heteroatoms. The highest BCUT2D eigenvalue weighted by Crippen LogP contribution is 2.32. The molecule has 0 aromatic heterocycles. The molecule has 0 unspecified atom stereocenters. The van der Waals surface area contributed by atoms with E-state index in [1.807, 2.05) is 18.7 Å². The zero-order valence-electron chi connectivity index (χ0n) is 11.9. The lowest BCUT2D eigenvalue weighted by atomic mass is 9.78. The molecule has 0 bridgehead atoms. The first-order valence-corrected chi connectivity index (χ1v) is 6.69. The summed E-state index contributed by atoms with van der Waals surface area (Å²) in [5.41, 5.74) is -0.354. The third-order valence-electron chi connectivity index (χ3n) is 3.64. The maximum Gasteiger partial charge on any atom is 0.231 e. The van der Waals surface area contributed by atoms with Crippen LogP contribution >= 0.6 is 0 Å². The summed E-state index contributed by atoms with van der Waals surface area (Å²) in [5, 5.41) is 3.31. The minimum Gasteiger partial charge on any atom is -0.384 e. The van der Waals surface area contributed by atoms with Gasteiger partial charge in [0.05, 0.1) is 12.0 Å². The van der Waals surface area contributed by atoms with Gasteiger partial charge in [0.25, 0.3) is 0 Å². The quantitative estimate of drug-likeness (QED) is 0.729. The van der Waals surface area contributed by atoms with Crippen LogP contribution in [0.3, 0.4) is 0 Å². The van der Waals surface area contributed by atoms with Gasteiger partial charge in [-0.1, -0.05) is 6.08 Å². The van der Waals surface area contributed by atoms with Gasteiger partial charge in [-0.05, 0) is 39.8 Å². The molecule has 1 N–H and O–H groups in total. The summed E-state index contributed by atoms with van der Waals surface area (Å²) < 4.78 is 5.31. The smallest absolute Gasteiger partial charge is 0.231 e. The van der Waals surface area contributed by atoms with Crippen LogP contribution in [-0.2, 0) is 9.53 Å². The molecule has 1 amide bonds. The van der Waals surface area contributed by atoms with Crippen molar-refractivity contribution < 1.29 is 9.53 Å². The Morgan fingerprint density at radius 3 is 2.56 bits per heavy atom. The van der Waals surface area contributed by atoms with Crippen molar-refractivity contribution in [2.75, 3.05) is 33.4 Å². The second-order valence-electron chi connectivity index (χ2n) is 5.30. The highest BCUT2D eigenvalue weighted by atomic mass is 16.5. The van der Waals surface area contributed by atoms with Crippen LogP contribution in [0.5, 0.6) is 0 Å². The normalized spacial score (nSPS) is 18.7. The van der Waals surface area contributed by atoms with Gasteiger partial charge in [0.2, 0.25) is 5.91 Å². The fraction of sp³-hybridized carbons (Fsp3) is 0.786. The zero-order chi connectivity index (χ0) is 13.6. The molecular formula is C14H26N2O2. The van der Waals surface area contributed by atoms with Crippen molar-refractivity contribution in [1.82, 2.24) is 10.2 Å². The highest BCUT2D eigenvalue weighted by molar-refractivity contribution is 5.83. The van der Waals surface area contributed by atoms with Crippen LogP contribution in [0, 0.1) is 5.41 Å².